The first-order chi connectivity index (χ1) is 21.1. The second-order valence-electron chi connectivity index (χ2n) is 12.1. The van der Waals surface area contributed by atoms with E-state index in [1.54, 1.807) is 25.1 Å². The third-order valence-corrected chi connectivity index (χ3v) is 9.31. The summed E-state index contributed by atoms with van der Waals surface area (Å²) in [5.41, 5.74) is 6.12. The summed E-state index contributed by atoms with van der Waals surface area (Å²) >= 11 is 0. The van der Waals surface area contributed by atoms with Gasteiger partial charge < -0.3 is 30.3 Å². The van der Waals surface area contributed by atoms with E-state index in [0.717, 1.165) is 16.7 Å². The standard InChI is InChI=1S/C35H36N2O7/c1-37(2)29-24-17-23-16-22-14-9-15-25(43-18-20-10-5-3-6-11-20)26(22)30(38)27(23)32(39)35(24,42)33(40)28(34(36)41)31(29)44-19-21-12-7-4-8-13-21/h3-15,23-24,28-29,31,38,42H,16-19H2,1-2H3,(H2,36,41)/t23-,24-,28?,29-,31?,35-/m0/s1. The molecular weight excluding hydrogens is 560 g/mol. The molecule has 0 spiro atoms. The van der Waals surface area contributed by atoms with E-state index in [9.17, 15) is 24.6 Å². The van der Waals surface area contributed by atoms with Crippen LogP contribution in [0.2, 0.25) is 0 Å². The molecule has 0 aliphatic heterocycles. The number of rotatable bonds is 8. The van der Waals surface area contributed by atoms with Crippen molar-refractivity contribution >= 4 is 23.2 Å². The van der Waals surface area contributed by atoms with E-state index in [1.165, 1.54) is 0 Å². The van der Waals surface area contributed by atoms with Crippen LogP contribution >= 0.6 is 0 Å². The van der Waals surface area contributed by atoms with Gasteiger partial charge in [-0.05, 0) is 55.6 Å². The van der Waals surface area contributed by atoms with Gasteiger partial charge in [0.05, 0.1) is 18.3 Å². The van der Waals surface area contributed by atoms with Gasteiger partial charge in [-0.1, -0.05) is 72.8 Å². The van der Waals surface area contributed by atoms with Crippen LogP contribution in [0.3, 0.4) is 0 Å². The monoisotopic (exact) mass is 596 g/mol. The Morgan fingerprint density at radius 3 is 2.20 bits per heavy atom. The number of hydrogen-bond acceptors (Lipinski definition) is 8. The van der Waals surface area contributed by atoms with Crippen LogP contribution in [0.25, 0.3) is 5.76 Å². The van der Waals surface area contributed by atoms with E-state index < -0.39 is 53.0 Å². The minimum absolute atomic E-state index is 0.0234. The highest BCUT2D eigenvalue weighted by Gasteiger charge is 2.68. The van der Waals surface area contributed by atoms with Crippen LogP contribution in [-0.4, -0.2) is 64.4 Å². The number of carbonyl (C=O) groups is 3. The minimum atomic E-state index is -2.57. The van der Waals surface area contributed by atoms with Gasteiger partial charge in [0.25, 0.3) is 0 Å². The number of primary amides is 1. The SMILES string of the molecule is CN(C)[C@@H]1C(OCc2ccccc2)C(C(N)=O)C(=O)[C@@]2(O)C(=O)C3=C(O)c4c(cccc4OCc4ccccc4)C[C@H]3C[C@@H]12. The molecule has 6 atom stereocenters. The number of Topliss-reactive ketones (excluding diaryl/α,β-unsaturated/α-hetero) is 2. The summed E-state index contributed by atoms with van der Waals surface area (Å²) in [5, 5.41) is 23.8. The quantitative estimate of drug-likeness (QED) is 0.337. The molecular formula is C35H36N2O7. The second-order valence-corrected chi connectivity index (χ2v) is 12.1. The summed E-state index contributed by atoms with van der Waals surface area (Å²) in [6.45, 7) is 0.359. The molecule has 9 nitrogen and oxygen atoms in total. The number of amides is 1. The van der Waals surface area contributed by atoms with Crippen LogP contribution < -0.4 is 10.5 Å². The Morgan fingerprint density at radius 1 is 0.955 bits per heavy atom. The van der Waals surface area contributed by atoms with Crippen molar-refractivity contribution in [1.29, 1.82) is 0 Å². The summed E-state index contributed by atoms with van der Waals surface area (Å²) in [6, 6.07) is 23.6. The molecule has 0 radical (unpaired) electrons. The molecule has 0 saturated heterocycles. The van der Waals surface area contributed by atoms with Gasteiger partial charge in [0.1, 0.15) is 24.0 Å². The summed E-state index contributed by atoms with van der Waals surface area (Å²) < 4.78 is 12.3. The number of ether oxygens (including phenoxy) is 2. The van der Waals surface area contributed by atoms with Gasteiger partial charge in [0.15, 0.2) is 11.4 Å². The fraction of sp³-hybridized carbons (Fsp3) is 0.343. The van der Waals surface area contributed by atoms with Crippen LogP contribution in [0.5, 0.6) is 5.75 Å². The molecule has 2 fully saturated rings. The summed E-state index contributed by atoms with van der Waals surface area (Å²) in [5.74, 6) is -5.75. The van der Waals surface area contributed by atoms with Gasteiger partial charge in [0, 0.05) is 17.5 Å². The molecule has 6 rings (SSSR count). The number of nitrogens with zero attached hydrogens (tertiary/aromatic N) is 1. The van der Waals surface area contributed by atoms with Gasteiger partial charge in [-0.25, -0.2) is 0 Å². The fourth-order valence-electron chi connectivity index (χ4n) is 7.31. The first-order valence-electron chi connectivity index (χ1n) is 14.8. The van der Waals surface area contributed by atoms with Crippen LogP contribution in [0.4, 0.5) is 0 Å². The Morgan fingerprint density at radius 2 is 1.59 bits per heavy atom. The molecule has 3 aromatic carbocycles. The lowest BCUT2D eigenvalue weighted by Gasteiger charge is -2.54. The molecule has 0 aromatic heterocycles. The number of hydrogen-bond donors (Lipinski definition) is 3. The zero-order chi connectivity index (χ0) is 31.2. The highest BCUT2D eigenvalue weighted by Crippen LogP contribution is 2.52. The van der Waals surface area contributed by atoms with E-state index >= 15 is 0 Å². The van der Waals surface area contributed by atoms with Crippen LogP contribution in [0.15, 0.2) is 84.4 Å². The van der Waals surface area contributed by atoms with Gasteiger partial charge >= 0.3 is 0 Å². The van der Waals surface area contributed by atoms with E-state index in [0.29, 0.717) is 17.7 Å². The number of carbonyl (C=O) groups excluding carboxylic acids is 3. The van der Waals surface area contributed by atoms with Crippen molar-refractivity contribution in [2.75, 3.05) is 14.1 Å². The number of nitrogens with two attached hydrogens (primary N) is 1. The first kappa shape index (κ1) is 29.7. The van der Waals surface area contributed by atoms with Crippen molar-refractivity contribution in [2.24, 2.45) is 23.5 Å². The minimum Gasteiger partial charge on any atom is -0.507 e. The van der Waals surface area contributed by atoms with Gasteiger partial charge in [0.2, 0.25) is 11.7 Å². The number of likely N-dealkylation sites (N-methyl/N-ethyl adjacent to an activating group) is 1. The molecule has 44 heavy (non-hydrogen) atoms. The molecule has 0 bridgehead atoms. The normalized spacial score (nSPS) is 27.9. The molecule has 4 N–H and O–H groups in total. The van der Waals surface area contributed by atoms with Crippen molar-refractivity contribution < 1.29 is 34.1 Å². The Bertz CT molecular complexity index is 1620. The number of aliphatic hydroxyl groups excluding tert-OH is 1. The highest BCUT2D eigenvalue weighted by atomic mass is 16.5. The average Bonchev–Trinajstić information content (AvgIpc) is 3.01. The number of fused-ring (bicyclic) bond motifs is 3. The summed E-state index contributed by atoms with van der Waals surface area (Å²) in [4.78, 5) is 43.0. The van der Waals surface area contributed by atoms with Gasteiger partial charge in [-0.2, -0.15) is 0 Å². The van der Waals surface area contributed by atoms with Crippen LogP contribution in [-0.2, 0) is 38.8 Å². The predicted molar refractivity (Wildman–Crippen MR) is 162 cm³/mol. The molecule has 2 unspecified atom stereocenters. The first-order valence-corrected chi connectivity index (χ1v) is 14.8. The summed E-state index contributed by atoms with van der Waals surface area (Å²) in [7, 11) is 3.52. The lowest BCUT2D eigenvalue weighted by atomic mass is 9.54. The third-order valence-electron chi connectivity index (χ3n) is 9.31. The molecule has 2 saturated carbocycles. The molecule has 3 aromatic rings. The highest BCUT2D eigenvalue weighted by molar-refractivity contribution is 6.25. The molecule has 9 heteroatoms. The van der Waals surface area contributed by atoms with Crippen molar-refractivity contribution in [2.45, 2.75) is 43.8 Å². The number of ketones is 2. The maximum absolute atomic E-state index is 14.3. The predicted octanol–water partition coefficient (Wildman–Crippen LogP) is 3.23. The summed E-state index contributed by atoms with van der Waals surface area (Å²) in [6.07, 6.45) is -0.388. The van der Waals surface area contributed by atoms with Crippen molar-refractivity contribution in [1.82, 2.24) is 4.90 Å². The van der Waals surface area contributed by atoms with Crippen molar-refractivity contribution in [3.63, 3.8) is 0 Å². The van der Waals surface area contributed by atoms with Crippen molar-refractivity contribution in [3.8, 4) is 5.75 Å². The number of benzene rings is 3. The number of aliphatic hydroxyl groups is 2. The Labute approximate surface area is 255 Å². The Kier molecular flexibility index (Phi) is 7.88. The van der Waals surface area contributed by atoms with Gasteiger partial charge in [-0.3, -0.25) is 14.4 Å². The zero-order valence-electron chi connectivity index (χ0n) is 24.7. The average molecular weight is 597 g/mol. The lowest BCUT2D eigenvalue weighted by Crippen LogP contribution is -2.73. The van der Waals surface area contributed by atoms with Crippen LogP contribution in [0, 0.1) is 17.8 Å². The smallest absolute Gasteiger partial charge is 0.230 e. The van der Waals surface area contributed by atoms with Crippen molar-refractivity contribution in [3.05, 3.63) is 107 Å². The van der Waals surface area contributed by atoms with Gasteiger partial charge in [-0.15, -0.1) is 0 Å². The Hall–Kier alpha value is -4.31. The maximum atomic E-state index is 14.3. The molecule has 3 aliphatic carbocycles. The van der Waals surface area contributed by atoms with E-state index in [2.05, 4.69) is 0 Å². The molecule has 1 amide bonds. The Balaban J connectivity index is 1.38. The zero-order valence-corrected chi connectivity index (χ0v) is 24.7. The fourth-order valence-corrected chi connectivity index (χ4v) is 7.31. The second kappa shape index (κ2) is 11.6. The molecule has 0 heterocycles. The third kappa shape index (κ3) is 4.91. The topological polar surface area (TPSA) is 139 Å². The lowest BCUT2D eigenvalue weighted by molar-refractivity contribution is -0.190. The van der Waals surface area contributed by atoms with E-state index in [4.69, 9.17) is 15.2 Å². The largest absolute Gasteiger partial charge is 0.507 e. The molecule has 3 aliphatic rings. The molecule has 228 valence electrons. The van der Waals surface area contributed by atoms with E-state index in [1.807, 2.05) is 72.8 Å². The maximum Gasteiger partial charge on any atom is 0.230 e. The van der Waals surface area contributed by atoms with E-state index in [-0.39, 0.29) is 31.0 Å². The van der Waals surface area contributed by atoms with Crippen LogP contribution in [0.1, 0.15) is 28.7 Å².